The lowest BCUT2D eigenvalue weighted by molar-refractivity contribution is -0.605. The highest BCUT2D eigenvalue weighted by molar-refractivity contribution is 6.58. The summed E-state index contributed by atoms with van der Waals surface area (Å²) in [4.78, 5) is 28.8. The van der Waals surface area contributed by atoms with Crippen LogP contribution in [0.5, 0.6) is 6.01 Å². The van der Waals surface area contributed by atoms with E-state index in [9.17, 15) is 4.79 Å². The van der Waals surface area contributed by atoms with E-state index >= 15 is 0 Å². The van der Waals surface area contributed by atoms with Crippen molar-refractivity contribution in [2.24, 2.45) is 5.41 Å². The van der Waals surface area contributed by atoms with E-state index in [1.807, 2.05) is 17.4 Å². The Bertz CT molecular complexity index is 1590. The standard InChI is InChI=1S/C34H43Cl2N7O4/c1-41(2)31(44)29(37)28(36)27-18-43(12-4-11-38-27)30-23-19-47-34(8-7-22-24(34)5-3-6-25(22)35)17-26(23)39-32(40-30)46-21-33(9-10-33)20-42-13-15-45-16-14-42/h3,5-6,37-38H,4,7-21H2,1-2H3/p+1/b28-27+,37-29?/t34-/m0/s1. The van der Waals surface area contributed by atoms with Crippen LogP contribution in [0.1, 0.15) is 48.1 Å². The van der Waals surface area contributed by atoms with E-state index in [1.165, 1.54) is 4.90 Å². The van der Waals surface area contributed by atoms with Gasteiger partial charge in [0, 0.05) is 69.1 Å². The lowest BCUT2D eigenvalue weighted by Crippen LogP contribution is -2.83. The van der Waals surface area contributed by atoms with Crippen molar-refractivity contribution in [3.05, 3.63) is 56.3 Å². The van der Waals surface area contributed by atoms with Crippen molar-refractivity contribution in [2.75, 3.05) is 78.1 Å². The summed E-state index contributed by atoms with van der Waals surface area (Å²) in [6.45, 7) is 7.32. The van der Waals surface area contributed by atoms with Crippen LogP contribution in [-0.4, -0.2) is 105 Å². The third-order valence-electron chi connectivity index (χ3n) is 10.3. The summed E-state index contributed by atoms with van der Waals surface area (Å²) >= 11 is 13.3. The summed E-state index contributed by atoms with van der Waals surface area (Å²) in [6.07, 6.45) is 5.43. The summed E-state index contributed by atoms with van der Waals surface area (Å²) in [5.41, 5.74) is 4.34. The molecule has 47 heavy (non-hydrogen) atoms. The number of rotatable bonds is 8. The highest BCUT2D eigenvalue weighted by atomic mass is 35.5. The zero-order valence-corrected chi connectivity index (χ0v) is 28.8. The van der Waals surface area contributed by atoms with Crippen LogP contribution in [0.4, 0.5) is 5.82 Å². The first-order valence-electron chi connectivity index (χ1n) is 16.7. The molecule has 1 atom stereocenters. The van der Waals surface area contributed by atoms with Gasteiger partial charge >= 0.3 is 6.01 Å². The van der Waals surface area contributed by atoms with Crippen molar-refractivity contribution in [1.82, 2.24) is 19.8 Å². The van der Waals surface area contributed by atoms with Crippen LogP contribution in [0.25, 0.3) is 0 Å². The first kappa shape index (κ1) is 32.7. The number of hydrogen-bond acceptors (Lipinski definition) is 9. The number of nitrogens with zero attached hydrogens (tertiary/aromatic N) is 5. The van der Waals surface area contributed by atoms with Gasteiger partial charge in [0.15, 0.2) is 0 Å². The molecule has 1 spiro atoms. The Labute approximate surface area is 286 Å². The Balaban J connectivity index is 1.21. The Kier molecular flexibility index (Phi) is 9.23. The number of fused-ring (bicyclic) bond motifs is 3. The van der Waals surface area contributed by atoms with Crippen LogP contribution in [-0.2, 0) is 39.3 Å². The molecule has 3 N–H and O–H groups in total. The molecule has 0 bridgehead atoms. The number of hydrogen-bond donors (Lipinski definition) is 2. The van der Waals surface area contributed by atoms with E-state index in [0.29, 0.717) is 32.2 Å². The number of carbonyl (C=O) groups excluding carboxylic acids is 1. The number of nitrogens with two attached hydrogens (primary N) is 1. The third kappa shape index (κ3) is 6.63. The second kappa shape index (κ2) is 13.2. The molecular formula is C34H44Cl2N7O4+. The fourth-order valence-electron chi connectivity index (χ4n) is 7.38. The van der Waals surface area contributed by atoms with Gasteiger partial charge in [0.1, 0.15) is 22.3 Å². The summed E-state index contributed by atoms with van der Waals surface area (Å²) in [5, 5.41) is 11.5. The van der Waals surface area contributed by atoms with Crippen LogP contribution < -0.4 is 15.0 Å². The quantitative estimate of drug-likeness (QED) is 0.408. The molecule has 1 amide bonds. The van der Waals surface area contributed by atoms with Crippen molar-refractivity contribution in [3.63, 3.8) is 0 Å². The zero-order chi connectivity index (χ0) is 32.8. The van der Waals surface area contributed by atoms with Gasteiger partial charge in [-0.15, -0.1) is 0 Å². The molecule has 13 heteroatoms. The fraction of sp³-hybridized carbons (Fsp3) is 0.588. The molecular weight excluding hydrogens is 641 g/mol. The van der Waals surface area contributed by atoms with Crippen molar-refractivity contribution in [1.29, 1.82) is 5.41 Å². The minimum absolute atomic E-state index is 0.114. The molecule has 1 aromatic carbocycles. The molecule has 252 valence electrons. The molecule has 0 unspecified atom stereocenters. The molecule has 7 rings (SSSR count). The maximum atomic E-state index is 12.6. The third-order valence-corrected chi connectivity index (χ3v) is 11.1. The number of nitrogens with one attached hydrogen (secondary N) is 1. The van der Waals surface area contributed by atoms with E-state index < -0.39 is 11.5 Å². The summed E-state index contributed by atoms with van der Waals surface area (Å²) in [7, 11) is 3.25. The summed E-state index contributed by atoms with van der Waals surface area (Å²) in [6, 6.07) is 6.47. The monoisotopic (exact) mass is 684 g/mol. The van der Waals surface area contributed by atoms with Gasteiger partial charge in [-0.2, -0.15) is 9.97 Å². The largest absolute Gasteiger partial charge is 0.463 e. The fourth-order valence-corrected chi connectivity index (χ4v) is 7.87. The van der Waals surface area contributed by atoms with Gasteiger partial charge in [0.25, 0.3) is 5.91 Å². The molecule has 5 aliphatic rings. The van der Waals surface area contributed by atoms with Gasteiger partial charge in [0.05, 0.1) is 50.8 Å². The van der Waals surface area contributed by atoms with E-state index in [-0.39, 0.29) is 16.2 Å². The number of carbonyl (C=O) groups is 1. The summed E-state index contributed by atoms with van der Waals surface area (Å²) in [5.74, 6) is 0.341. The number of anilines is 1. The number of ether oxygens (including phenoxy) is 3. The SMILES string of the molecule is CN(C)C(=O)C(=N)/C(Cl)=C1/CN(c2nc(OCC3(CN4CCOCC4)CC3)nc3c2CO[C@@]2(CCc4c(Cl)cccc42)C3)CCC[NH2+]1. The van der Waals surface area contributed by atoms with E-state index in [4.69, 9.17) is 52.8 Å². The van der Waals surface area contributed by atoms with E-state index in [1.54, 1.807) is 14.1 Å². The van der Waals surface area contributed by atoms with Crippen LogP contribution in [0, 0.1) is 10.8 Å². The molecule has 2 aromatic rings. The lowest BCUT2D eigenvalue weighted by Gasteiger charge is -2.37. The Morgan fingerprint density at radius 1 is 1.15 bits per heavy atom. The minimum atomic E-state index is -0.493. The van der Waals surface area contributed by atoms with Gasteiger partial charge in [-0.25, -0.2) is 0 Å². The summed E-state index contributed by atoms with van der Waals surface area (Å²) < 4.78 is 18.8. The molecule has 0 radical (unpaired) electrons. The van der Waals surface area contributed by atoms with Crippen molar-refractivity contribution >= 4 is 40.6 Å². The van der Waals surface area contributed by atoms with Crippen LogP contribution >= 0.6 is 23.2 Å². The van der Waals surface area contributed by atoms with Gasteiger partial charge in [-0.1, -0.05) is 35.3 Å². The second-order valence-corrected chi connectivity index (χ2v) is 14.6. The molecule has 1 aromatic heterocycles. The minimum Gasteiger partial charge on any atom is -0.463 e. The maximum Gasteiger partial charge on any atom is 0.318 e. The van der Waals surface area contributed by atoms with Gasteiger partial charge in [-0.3, -0.25) is 15.1 Å². The predicted molar refractivity (Wildman–Crippen MR) is 179 cm³/mol. The zero-order valence-electron chi connectivity index (χ0n) is 27.2. The predicted octanol–water partition coefficient (Wildman–Crippen LogP) is 2.87. The van der Waals surface area contributed by atoms with Crippen LogP contribution in [0.3, 0.4) is 0 Å². The topological polar surface area (TPSA) is 121 Å². The van der Waals surface area contributed by atoms with Gasteiger partial charge in [-0.05, 0) is 42.9 Å². The lowest BCUT2D eigenvalue weighted by atomic mass is 9.87. The van der Waals surface area contributed by atoms with E-state index in [0.717, 1.165) is 117 Å². The number of amides is 1. The highest BCUT2D eigenvalue weighted by Gasteiger charge is 2.47. The van der Waals surface area contributed by atoms with E-state index in [2.05, 4.69) is 15.9 Å². The first-order chi connectivity index (χ1) is 22.7. The Morgan fingerprint density at radius 3 is 2.72 bits per heavy atom. The number of aromatic nitrogens is 2. The molecule has 1 saturated carbocycles. The normalized spacial score (nSPS) is 24.7. The molecule has 2 saturated heterocycles. The number of benzene rings is 1. The molecule has 3 fully saturated rings. The smallest absolute Gasteiger partial charge is 0.318 e. The molecule has 2 aliphatic carbocycles. The number of quaternary nitrogens is 1. The average molecular weight is 686 g/mol. The van der Waals surface area contributed by atoms with Crippen molar-refractivity contribution in [2.45, 2.75) is 50.7 Å². The molecule has 11 nitrogen and oxygen atoms in total. The maximum absolute atomic E-state index is 12.6. The molecule has 3 aliphatic heterocycles. The van der Waals surface area contributed by atoms with Crippen molar-refractivity contribution < 1.29 is 24.3 Å². The highest BCUT2D eigenvalue weighted by Crippen LogP contribution is 2.49. The first-order valence-corrected chi connectivity index (χ1v) is 17.4. The molecule has 4 heterocycles. The van der Waals surface area contributed by atoms with Gasteiger partial charge < -0.3 is 29.3 Å². The van der Waals surface area contributed by atoms with Crippen LogP contribution in [0.15, 0.2) is 28.9 Å². The number of halogens is 2. The average Bonchev–Trinajstić information content (AvgIpc) is 3.81. The van der Waals surface area contributed by atoms with Crippen molar-refractivity contribution in [3.8, 4) is 6.01 Å². The Morgan fingerprint density at radius 2 is 1.96 bits per heavy atom. The van der Waals surface area contributed by atoms with Gasteiger partial charge in [0.2, 0.25) is 0 Å². The number of morpholine rings is 1. The Hall–Kier alpha value is -2.80. The van der Waals surface area contributed by atoms with Crippen LogP contribution in [0.2, 0.25) is 5.02 Å². The second-order valence-electron chi connectivity index (χ2n) is 13.8.